The highest BCUT2D eigenvalue weighted by Crippen LogP contribution is 2.11. The van der Waals surface area contributed by atoms with Crippen LogP contribution >= 0.6 is 11.8 Å². The summed E-state index contributed by atoms with van der Waals surface area (Å²) in [5.41, 5.74) is 0.800. The first kappa shape index (κ1) is 24.5. The Kier molecular flexibility index (Phi) is 10.8. The number of hydrogen-bond acceptors (Lipinski definition) is 8. The van der Waals surface area contributed by atoms with Crippen molar-refractivity contribution in [3.05, 3.63) is 35.9 Å². The Morgan fingerprint density at radius 3 is 2.14 bits per heavy atom. The van der Waals surface area contributed by atoms with Crippen molar-refractivity contribution in [2.45, 2.75) is 40.3 Å². The maximum absolute atomic E-state index is 12.4. The summed E-state index contributed by atoms with van der Waals surface area (Å²) in [7, 11) is 0. The van der Waals surface area contributed by atoms with Gasteiger partial charge in [-0.1, -0.05) is 58.0 Å². The fourth-order valence-electron chi connectivity index (χ4n) is 1.83. The van der Waals surface area contributed by atoms with Gasteiger partial charge in [-0.15, -0.1) is 0 Å². The SMILES string of the molecule is CC(C)C(=O)N[C@@H](CSC(=O)OCOC(=O)C(C)C)C(=O)OCc1ccccc1. The maximum Gasteiger partial charge on any atom is 0.370 e. The molecule has 1 aromatic rings. The number of amides is 1. The van der Waals surface area contributed by atoms with E-state index in [0.717, 1.165) is 5.56 Å². The number of carbonyl (C=O) groups is 4. The molecule has 0 saturated heterocycles. The fourth-order valence-corrected chi connectivity index (χ4v) is 2.49. The van der Waals surface area contributed by atoms with Gasteiger partial charge in [0.25, 0.3) is 0 Å². The van der Waals surface area contributed by atoms with Gasteiger partial charge >= 0.3 is 17.2 Å². The Hall–Kier alpha value is -2.55. The molecule has 0 spiro atoms. The lowest BCUT2D eigenvalue weighted by molar-refractivity contribution is -0.155. The minimum atomic E-state index is -1.02. The zero-order valence-electron chi connectivity index (χ0n) is 17.0. The van der Waals surface area contributed by atoms with Crippen molar-refractivity contribution in [1.29, 1.82) is 0 Å². The van der Waals surface area contributed by atoms with Crippen molar-refractivity contribution in [3.8, 4) is 0 Å². The molecule has 1 atom stereocenters. The topological polar surface area (TPSA) is 108 Å². The van der Waals surface area contributed by atoms with Gasteiger partial charge in [-0.2, -0.15) is 0 Å². The van der Waals surface area contributed by atoms with Crippen LogP contribution in [-0.2, 0) is 35.2 Å². The van der Waals surface area contributed by atoms with Crippen LogP contribution in [0.2, 0.25) is 0 Å². The van der Waals surface area contributed by atoms with Crippen molar-refractivity contribution in [2.24, 2.45) is 11.8 Å². The number of hydrogen-bond donors (Lipinski definition) is 1. The third kappa shape index (κ3) is 9.98. The number of ether oxygens (including phenoxy) is 3. The number of esters is 2. The molecule has 8 nitrogen and oxygen atoms in total. The van der Waals surface area contributed by atoms with Crippen LogP contribution in [0, 0.1) is 11.8 Å². The maximum atomic E-state index is 12.4. The number of rotatable bonds is 10. The van der Waals surface area contributed by atoms with E-state index in [-0.39, 0.29) is 30.1 Å². The van der Waals surface area contributed by atoms with E-state index in [1.807, 2.05) is 18.2 Å². The van der Waals surface area contributed by atoms with Crippen LogP contribution in [0.5, 0.6) is 0 Å². The normalized spacial score (nSPS) is 11.7. The first-order valence-electron chi connectivity index (χ1n) is 9.17. The monoisotopic (exact) mass is 425 g/mol. The van der Waals surface area contributed by atoms with Gasteiger partial charge in [0, 0.05) is 11.7 Å². The summed E-state index contributed by atoms with van der Waals surface area (Å²) in [5, 5.41) is 1.83. The Bertz CT molecular complexity index is 691. The fraction of sp³-hybridized carbons (Fsp3) is 0.500. The van der Waals surface area contributed by atoms with Gasteiger partial charge in [0.2, 0.25) is 12.7 Å². The summed E-state index contributed by atoms with van der Waals surface area (Å²) in [6.45, 7) is 6.22. The van der Waals surface area contributed by atoms with Crippen molar-refractivity contribution in [2.75, 3.05) is 12.5 Å². The molecule has 0 aromatic heterocycles. The summed E-state index contributed by atoms with van der Waals surface area (Å²) in [4.78, 5) is 47.5. The van der Waals surface area contributed by atoms with E-state index in [9.17, 15) is 19.2 Å². The molecule has 1 rings (SSSR count). The van der Waals surface area contributed by atoms with E-state index in [1.165, 1.54) is 0 Å². The van der Waals surface area contributed by atoms with Gasteiger partial charge in [0.15, 0.2) is 0 Å². The van der Waals surface area contributed by atoms with Crippen LogP contribution in [0.3, 0.4) is 0 Å². The van der Waals surface area contributed by atoms with E-state index >= 15 is 0 Å². The first-order valence-corrected chi connectivity index (χ1v) is 10.2. The van der Waals surface area contributed by atoms with Gasteiger partial charge < -0.3 is 19.5 Å². The number of nitrogens with one attached hydrogen (secondary N) is 1. The predicted octanol–water partition coefficient (Wildman–Crippen LogP) is 2.90. The smallest absolute Gasteiger partial charge is 0.370 e. The molecule has 0 unspecified atom stereocenters. The highest BCUT2D eigenvalue weighted by molar-refractivity contribution is 8.13. The number of carbonyl (C=O) groups excluding carboxylic acids is 4. The van der Waals surface area contributed by atoms with E-state index in [1.54, 1.807) is 39.8 Å². The van der Waals surface area contributed by atoms with Gasteiger partial charge in [-0.25, -0.2) is 9.59 Å². The molecule has 0 radical (unpaired) electrons. The van der Waals surface area contributed by atoms with Crippen molar-refractivity contribution >= 4 is 34.9 Å². The molecule has 1 aromatic carbocycles. The number of benzene rings is 1. The third-order valence-corrected chi connectivity index (χ3v) is 4.42. The van der Waals surface area contributed by atoms with Crippen LogP contribution in [-0.4, -0.2) is 41.7 Å². The molecule has 0 fully saturated rings. The molecule has 0 aliphatic rings. The van der Waals surface area contributed by atoms with Crippen LogP contribution < -0.4 is 5.32 Å². The summed E-state index contributed by atoms with van der Waals surface area (Å²) in [6, 6.07) is 8.07. The highest BCUT2D eigenvalue weighted by Gasteiger charge is 2.25. The van der Waals surface area contributed by atoms with E-state index < -0.39 is 30.1 Å². The summed E-state index contributed by atoms with van der Waals surface area (Å²) < 4.78 is 14.8. The van der Waals surface area contributed by atoms with Gasteiger partial charge in [0.05, 0.1) is 5.92 Å². The van der Waals surface area contributed by atoms with Crippen LogP contribution in [0.15, 0.2) is 30.3 Å². The van der Waals surface area contributed by atoms with Gasteiger partial charge in [-0.3, -0.25) is 9.59 Å². The molecule has 29 heavy (non-hydrogen) atoms. The third-order valence-electron chi connectivity index (χ3n) is 3.57. The van der Waals surface area contributed by atoms with Crippen molar-refractivity contribution in [3.63, 3.8) is 0 Å². The Labute approximate surface area is 174 Å². The molecule has 9 heteroatoms. The molecule has 0 saturated carbocycles. The molecule has 1 N–H and O–H groups in total. The average Bonchev–Trinajstić information content (AvgIpc) is 2.69. The lowest BCUT2D eigenvalue weighted by atomic mass is 10.2. The Morgan fingerprint density at radius 1 is 0.897 bits per heavy atom. The zero-order valence-corrected chi connectivity index (χ0v) is 17.8. The highest BCUT2D eigenvalue weighted by atomic mass is 32.2. The molecule has 0 aliphatic carbocycles. The molecule has 0 aliphatic heterocycles. The van der Waals surface area contributed by atoms with E-state index in [4.69, 9.17) is 14.2 Å². The summed E-state index contributed by atoms with van der Waals surface area (Å²) in [5.74, 6) is -2.25. The van der Waals surface area contributed by atoms with E-state index in [0.29, 0.717) is 11.8 Å². The standard InChI is InChI=1S/C20H27NO7S/c1-13(2)17(22)21-16(19(24)26-10-15-8-6-5-7-9-15)11-29-20(25)28-12-27-18(23)14(3)4/h5-9,13-14,16H,10-12H2,1-4H3,(H,21,22)/t16-/m0/s1. The largest absolute Gasteiger partial charge is 0.459 e. The molecular weight excluding hydrogens is 398 g/mol. The zero-order chi connectivity index (χ0) is 21.8. The second kappa shape index (κ2) is 12.8. The quantitative estimate of drug-likeness (QED) is 0.450. The lowest BCUT2D eigenvalue weighted by Crippen LogP contribution is -2.45. The molecule has 0 bridgehead atoms. The molecule has 0 heterocycles. The lowest BCUT2D eigenvalue weighted by Gasteiger charge is -2.18. The van der Waals surface area contributed by atoms with Crippen LogP contribution in [0.25, 0.3) is 0 Å². The molecular formula is C20H27NO7S. The minimum Gasteiger partial charge on any atom is -0.459 e. The summed E-state index contributed by atoms with van der Waals surface area (Å²) >= 11 is 0.680. The van der Waals surface area contributed by atoms with E-state index in [2.05, 4.69) is 5.32 Å². The Balaban J connectivity index is 2.55. The average molecular weight is 426 g/mol. The van der Waals surface area contributed by atoms with Gasteiger partial charge in [-0.05, 0) is 17.3 Å². The molecule has 1 amide bonds. The number of thioether (sulfide) groups is 1. The Morgan fingerprint density at radius 2 is 1.55 bits per heavy atom. The van der Waals surface area contributed by atoms with Crippen LogP contribution in [0.4, 0.5) is 4.79 Å². The van der Waals surface area contributed by atoms with Crippen LogP contribution in [0.1, 0.15) is 33.3 Å². The second-order valence-electron chi connectivity index (χ2n) is 6.75. The summed E-state index contributed by atoms with van der Waals surface area (Å²) in [6.07, 6.45) is 0. The predicted molar refractivity (Wildman–Crippen MR) is 108 cm³/mol. The minimum absolute atomic E-state index is 0.0496. The first-order chi connectivity index (χ1) is 13.7. The van der Waals surface area contributed by atoms with Crippen molar-refractivity contribution < 1.29 is 33.4 Å². The van der Waals surface area contributed by atoms with Crippen molar-refractivity contribution in [1.82, 2.24) is 5.32 Å². The van der Waals surface area contributed by atoms with Gasteiger partial charge in [0.1, 0.15) is 12.6 Å². The second-order valence-corrected chi connectivity index (χ2v) is 7.71. The molecule has 160 valence electrons.